The van der Waals surface area contributed by atoms with Gasteiger partial charge in [-0.15, -0.1) is 0 Å². The average Bonchev–Trinajstić information content (AvgIpc) is 4.08. The van der Waals surface area contributed by atoms with Gasteiger partial charge in [-0.3, -0.25) is 19.9 Å². The molecule has 8 bridgehead atoms. The summed E-state index contributed by atoms with van der Waals surface area (Å²) in [7, 11) is 0. The minimum atomic E-state index is -1.17. The van der Waals surface area contributed by atoms with Crippen molar-refractivity contribution >= 4 is 110 Å². The minimum Gasteiger partial charge on any atom is -0.324 e. The van der Waals surface area contributed by atoms with Crippen LogP contribution in [-0.2, 0) is 0 Å². The number of benzene rings is 4. The normalized spacial score (nSPS) is 12.4. The summed E-state index contributed by atoms with van der Waals surface area (Å²) >= 11 is 0. The molecule has 0 amide bonds. The van der Waals surface area contributed by atoms with Crippen LogP contribution in [0.4, 0.5) is 17.6 Å². The number of nitrogens with one attached hydrogen (secondary N) is 2. The lowest BCUT2D eigenvalue weighted by molar-refractivity contribution is 0.509. The van der Waals surface area contributed by atoms with Crippen molar-refractivity contribution in [1.82, 2.24) is 79.7 Å². The van der Waals surface area contributed by atoms with Gasteiger partial charge in [0.25, 0.3) is 0 Å². The summed E-state index contributed by atoms with van der Waals surface area (Å²) in [4.78, 5) is 74.9. The van der Waals surface area contributed by atoms with Gasteiger partial charge in [-0.1, -0.05) is 0 Å². The van der Waals surface area contributed by atoms with Crippen molar-refractivity contribution in [3.63, 3.8) is 0 Å². The predicted octanol–water partition coefficient (Wildman–Crippen LogP) is 9.50. The number of rotatable bonds is 0. The predicted molar refractivity (Wildman–Crippen MR) is 243 cm³/mol. The molecule has 0 unspecified atom stereocenters. The Bertz CT molecular complexity index is 4710. The van der Waals surface area contributed by atoms with Gasteiger partial charge in [0.1, 0.15) is 33.7 Å². The van der Waals surface area contributed by atoms with Gasteiger partial charge in [0.2, 0.25) is 0 Å². The summed E-state index contributed by atoms with van der Waals surface area (Å²) in [6, 6.07) is 18.5. The van der Waals surface area contributed by atoms with E-state index in [9.17, 15) is 0 Å². The van der Waals surface area contributed by atoms with Crippen LogP contribution in [0.3, 0.4) is 0 Å². The van der Waals surface area contributed by atoms with Crippen LogP contribution in [0.1, 0.15) is 0 Å². The lowest BCUT2D eigenvalue weighted by Gasteiger charge is -2.09. The zero-order valence-corrected chi connectivity index (χ0v) is 34.0. The fourth-order valence-electron chi connectivity index (χ4n) is 9.25. The zero-order chi connectivity index (χ0) is 45.1. The molecule has 2 N–H and O–H groups in total. The Morgan fingerprint density at radius 1 is 0.294 bits per heavy atom. The maximum atomic E-state index is 15.2. The molecule has 16 nitrogen and oxygen atoms in total. The van der Waals surface area contributed by atoms with Gasteiger partial charge in [-0.2, -0.15) is 0 Å². The molecule has 20 heteroatoms. The topological polar surface area (TPSA) is 212 Å². The second kappa shape index (κ2) is 13.0. The first kappa shape index (κ1) is 36.6. The Morgan fingerprint density at radius 3 is 1.07 bits per heavy atom. The van der Waals surface area contributed by atoms with Gasteiger partial charge in [-0.25, -0.2) is 67.4 Å². The molecule has 9 aromatic heterocycles. The van der Waals surface area contributed by atoms with Gasteiger partial charge in [0.05, 0.1) is 44.1 Å². The van der Waals surface area contributed by atoms with Crippen LogP contribution in [0, 0.1) is 23.3 Å². The van der Waals surface area contributed by atoms with E-state index in [2.05, 4.69) is 34.9 Å². The number of aromatic amines is 2. The van der Waals surface area contributed by atoms with E-state index < -0.39 is 23.3 Å². The smallest absolute Gasteiger partial charge is 0.184 e. The van der Waals surface area contributed by atoms with Crippen molar-refractivity contribution < 1.29 is 17.6 Å². The third kappa shape index (κ3) is 4.96. The van der Waals surface area contributed by atoms with E-state index >= 15 is 17.6 Å². The summed E-state index contributed by atoms with van der Waals surface area (Å²) in [6.45, 7) is 0. The van der Waals surface area contributed by atoms with E-state index in [0.717, 1.165) is 24.3 Å². The first-order chi connectivity index (χ1) is 33.3. The Hall–Kier alpha value is -9.72. The second-order valence-corrected chi connectivity index (χ2v) is 16.1. The van der Waals surface area contributed by atoms with Crippen LogP contribution in [-0.4, -0.2) is 79.7 Å². The lowest BCUT2D eigenvalue weighted by Crippen LogP contribution is -1.96. The van der Waals surface area contributed by atoms with Gasteiger partial charge in [0, 0.05) is 68.2 Å². The second-order valence-electron chi connectivity index (χ2n) is 16.1. The fraction of sp³-hybridized carbons (Fsp3) is 0. The molecule has 2 aliphatic rings. The zero-order valence-electron chi connectivity index (χ0n) is 34.0. The van der Waals surface area contributed by atoms with E-state index in [1.54, 1.807) is 49.1 Å². The quantitative estimate of drug-likeness (QED) is 0.107. The highest BCUT2D eigenvalue weighted by Crippen LogP contribution is 2.40. The molecule has 13 aromatic rings. The molecule has 68 heavy (non-hydrogen) atoms. The number of halogens is 4. The van der Waals surface area contributed by atoms with Crippen LogP contribution in [0.2, 0.25) is 0 Å². The standard InChI is InChI=1S/C48H18F4N16/c49-25-13-21-23(15-27(25)51)43-62-41(21)61-42-22-14-26(50)28(52)16-24(22)44(63-42)65-46-38-40(60-36-20-8-4-12-56-32(20)30-18(34(36)58-38)6-2-10-54-30)48(67-46)68-47-39-37(45(64-43)66-47)57-33-17-5-1-9-53-29(17)31-19(35(33)59-39)7-3-11-55-31/h1-16H,(H2,61,62,63,64,65,66,67,68). The third-order valence-corrected chi connectivity index (χ3v) is 12.2. The molecular weight excluding hydrogens is 877 g/mol. The van der Waals surface area contributed by atoms with Crippen molar-refractivity contribution in [2.24, 2.45) is 0 Å². The monoisotopic (exact) mass is 894 g/mol. The van der Waals surface area contributed by atoms with Crippen LogP contribution >= 0.6 is 0 Å². The first-order valence-corrected chi connectivity index (χ1v) is 20.8. The summed E-state index contributed by atoms with van der Waals surface area (Å²) in [5.74, 6) is -4.79. The molecule has 4 aromatic carbocycles. The first-order valence-electron chi connectivity index (χ1n) is 20.8. The Labute approximate surface area is 373 Å². The SMILES string of the molecule is Fc1cc2c(cc1F)-c1nc-2nc2[nH]c(nc3nc(nc4[nH]c(n1)c1nc5c6cccnc6c6ncccc6c5nc41)-c1nc4c5cccnc5c5ncccc5c4nc1-3)c1cc(F)c(F)cc21. The molecule has 0 spiro atoms. The maximum absolute atomic E-state index is 15.2. The van der Waals surface area contributed by atoms with E-state index in [1.807, 2.05) is 24.3 Å². The van der Waals surface area contributed by atoms with Crippen LogP contribution in [0.15, 0.2) is 97.6 Å². The molecule has 0 radical (unpaired) electrons. The number of H-pyrrole nitrogens is 2. The van der Waals surface area contributed by atoms with Crippen molar-refractivity contribution in [2.45, 2.75) is 0 Å². The number of fused-ring (bicyclic) bond motifs is 32. The maximum Gasteiger partial charge on any atom is 0.184 e. The van der Waals surface area contributed by atoms with E-state index in [0.29, 0.717) is 65.7 Å². The summed E-state index contributed by atoms with van der Waals surface area (Å²) in [5, 5.41) is 2.88. The van der Waals surface area contributed by atoms with Crippen LogP contribution in [0.25, 0.3) is 156 Å². The van der Waals surface area contributed by atoms with Gasteiger partial charge in [0.15, 0.2) is 57.9 Å². The molecule has 0 aliphatic carbocycles. The summed E-state index contributed by atoms with van der Waals surface area (Å²) < 4.78 is 60.6. The highest BCUT2D eigenvalue weighted by molar-refractivity contribution is 6.23. The molecule has 318 valence electrons. The van der Waals surface area contributed by atoms with E-state index in [1.165, 1.54) is 0 Å². The Balaban J connectivity index is 1.15. The van der Waals surface area contributed by atoms with Crippen molar-refractivity contribution in [3.8, 4) is 45.8 Å². The largest absolute Gasteiger partial charge is 0.324 e. The Morgan fingerprint density at radius 2 is 0.632 bits per heavy atom. The molecule has 2 aliphatic heterocycles. The number of hydrogen-bond donors (Lipinski definition) is 2. The van der Waals surface area contributed by atoms with E-state index in [4.69, 9.17) is 44.9 Å². The number of aromatic nitrogens is 16. The van der Waals surface area contributed by atoms with Crippen molar-refractivity contribution in [1.29, 1.82) is 0 Å². The van der Waals surface area contributed by atoms with Crippen molar-refractivity contribution in [2.75, 3.05) is 0 Å². The molecule has 0 saturated heterocycles. The number of pyridine rings is 4. The van der Waals surface area contributed by atoms with Crippen LogP contribution < -0.4 is 0 Å². The Kier molecular flexibility index (Phi) is 6.98. The molecule has 0 fully saturated rings. The molecule has 0 atom stereocenters. The van der Waals surface area contributed by atoms with E-state index in [-0.39, 0.29) is 90.2 Å². The van der Waals surface area contributed by atoms with Gasteiger partial charge < -0.3 is 9.97 Å². The lowest BCUT2D eigenvalue weighted by atomic mass is 10.1. The number of nitrogens with zero attached hydrogens (tertiary/aromatic N) is 14. The average molecular weight is 895 g/mol. The highest BCUT2D eigenvalue weighted by Gasteiger charge is 2.28. The molecule has 11 heterocycles. The molecule has 0 saturated carbocycles. The summed E-state index contributed by atoms with van der Waals surface area (Å²) in [6.07, 6.45) is 6.69. The molecule has 15 rings (SSSR count). The van der Waals surface area contributed by atoms with Gasteiger partial charge >= 0.3 is 0 Å². The fourth-order valence-corrected chi connectivity index (χ4v) is 9.25. The third-order valence-electron chi connectivity index (χ3n) is 12.2. The summed E-state index contributed by atoms with van der Waals surface area (Å²) in [5.41, 5.74) is 5.62. The number of hydrogen-bond acceptors (Lipinski definition) is 14. The van der Waals surface area contributed by atoms with Gasteiger partial charge in [-0.05, 0) is 72.8 Å². The highest BCUT2D eigenvalue weighted by atomic mass is 19.2. The minimum absolute atomic E-state index is 0.00747. The molecular formula is C48H18F4N16. The van der Waals surface area contributed by atoms with Crippen molar-refractivity contribution in [3.05, 3.63) is 121 Å². The van der Waals surface area contributed by atoms with Crippen LogP contribution in [0.5, 0.6) is 0 Å².